The van der Waals surface area contributed by atoms with Gasteiger partial charge in [0.05, 0.1) is 10.6 Å². The van der Waals surface area contributed by atoms with Gasteiger partial charge in [-0.05, 0) is 50.6 Å². The highest BCUT2D eigenvalue weighted by Gasteiger charge is 2.21. The van der Waals surface area contributed by atoms with Crippen LogP contribution in [0.15, 0.2) is 40.9 Å². The number of ether oxygens (including phenoxy) is 2. The molecule has 1 aromatic heterocycles. The number of hydrogen-bond acceptors (Lipinski definition) is 5. The molecule has 2 aromatic carbocycles. The average molecular weight is 437 g/mol. The number of carbonyl (C=O) groups excluding carboxylic acids is 1. The maximum Gasteiger partial charge on any atom is 0.387 e. The van der Waals surface area contributed by atoms with E-state index in [0.29, 0.717) is 17.1 Å². The number of carbonyl (C=O) groups is 1. The van der Waals surface area contributed by atoms with Crippen molar-refractivity contribution < 1.29 is 27.6 Å². The van der Waals surface area contributed by atoms with Gasteiger partial charge < -0.3 is 19.3 Å². The van der Waals surface area contributed by atoms with Crippen molar-refractivity contribution in [1.29, 1.82) is 0 Å². The van der Waals surface area contributed by atoms with Crippen LogP contribution in [-0.2, 0) is 6.61 Å². The molecule has 30 heavy (non-hydrogen) atoms. The number of anilines is 1. The van der Waals surface area contributed by atoms with Crippen LogP contribution in [-0.4, -0.2) is 17.7 Å². The lowest BCUT2D eigenvalue weighted by Gasteiger charge is -2.11. The molecule has 9 heteroatoms. The number of nitrogens with one attached hydrogen (secondary N) is 1. The number of alkyl halides is 2. The summed E-state index contributed by atoms with van der Waals surface area (Å²) in [5.41, 5.74) is 2.92. The van der Waals surface area contributed by atoms with Gasteiger partial charge in [0.25, 0.3) is 5.91 Å². The number of benzene rings is 2. The Bertz CT molecular complexity index is 1070. The molecule has 0 atom stereocenters. The standard InChI is InChI=1S/C21H19ClF2N2O4/c1-11-4-6-17(12(2)8-11)28-10-15-13(3)30-26-19(15)20(27)25-14-5-7-18(16(22)9-14)29-21(23)24/h4-9,21H,10H2,1-3H3,(H,25,27). The third-order valence-corrected chi connectivity index (χ3v) is 4.60. The predicted octanol–water partition coefficient (Wildman–Crippen LogP) is 5.69. The zero-order chi connectivity index (χ0) is 21.8. The Balaban J connectivity index is 1.73. The van der Waals surface area contributed by atoms with Gasteiger partial charge >= 0.3 is 6.61 Å². The summed E-state index contributed by atoms with van der Waals surface area (Å²) in [6, 6.07) is 9.72. The quantitative estimate of drug-likeness (QED) is 0.515. The molecule has 0 radical (unpaired) electrons. The van der Waals surface area contributed by atoms with Crippen molar-refractivity contribution in [2.45, 2.75) is 34.0 Å². The van der Waals surface area contributed by atoms with Crippen LogP contribution in [0.1, 0.15) is 32.9 Å². The molecular formula is C21H19ClF2N2O4. The number of nitrogens with zero attached hydrogens (tertiary/aromatic N) is 1. The Kier molecular flexibility index (Phi) is 6.56. The summed E-state index contributed by atoms with van der Waals surface area (Å²) < 4.78 is 40.0. The van der Waals surface area contributed by atoms with Crippen LogP contribution in [0.3, 0.4) is 0 Å². The van der Waals surface area contributed by atoms with E-state index in [0.717, 1.165) is 11.1 Å². The van der Waals surface area contributed by atoms with E-state index in [1.165, 1.54) is 18.2 Å². The van der Waals surface area contributed by atoms with Gasteiger partial charge in [-0.15, -0.1) is 0 Å². The molecule has 0 saturated heterocycles. The maximum absolute atomic E-state index is 12.7. The van der Waals surface area contributed by atoms with E-state index in [4.69, 9.17) is 20.9 Å². The Morgan fingerprint density at radius 1 is 1.17 bits per heavy atom. The highest BCUT2D eigenvalue weighted by molar-refractivity contribution is 6.32. The third kappa shape index (κ3) is 5.07. The van der Waals surface area contributed by atoms with Crippen LogP contribution < -0.4 is 14.8 Å². The van der Waals surface area contributed by atoms with Crippen LogP contribution in [0.2, 0.25) is 5.02 Å². The summed E-state index contributed by atoms with van der Waals surface area (Å²) in [6.45, 7) is 2.69. The van der Waals surface area contributed by atoms with Crippen molar-refractivity contribution >= 4 is 23.2 Å². The molecule has 1 heterocycles. The third-order valence-electron chi connectivity index (χ3n) is 4.31. The first-order valence-electron chi connectivity index (χ1n) is 8.95. The number of amides is 1. The number of hydrogen-bond donors (Lipinski definition) is 1. The van der Waals surface area contributed by atoms with E-state index in [1.54, 1.807) is 6.92 Å². The molecule has 1 amide bonds. The number of aromatic nitrogens is 1. The van der Waals surface area contributed by atoms with Gasteiger partial charge in [-0.1, -0.05) is 34.5 Å². The second-order valence-corrected chi connectivity index (χ2v) is 7.01. The number of aryl methyl sites for hydroxylation is 3. The lowest BCUT2D eigenvalue weighted by Crippen LogP contribution is -2.15. The zero-order valence-corrected chi connectivity index (χ0v) is 17.2. The smallest absolute Gasteiger partial charge is 0.387 e. The van der Waals surface area contributed by atoms with Crippen molar-refractivity contribution in [3.05, 3.63) is 69.6 Å². The molecule has 3 aromatic rings. The summed E-state index contributed by atoms with van der Waals surface area (Å²) in [4.78, 5) is 12.7. The molecule has 0 aliphatic rings. The Morgan fingerprint density at radius 2 is 1.90 bits per heavy atom. The van der Waals surface area contributed by atoms with Crippen molar-refractivity contribution in [2.75, 3.05) is 5.32 Å². The first-order chi connectivity index (χ1) is 14.2. The normalized spacial score (nSPS) is 10.9. The van der Waals surface area contributed by atoms with E-state index >= 15 is 0 Å². The highest BCUT2D eigenvalue weighted by Crippen LogP contribution is 2.29. The lowest BCUT2D eigenvalue weighted by molar-refractivity contribution is -0.0497. The highest BCUT2D eigenvalue weighted by atomic mass is 35.5. The minimum Gasteiger partial charge on any atom is -0.488 e. The molecule has 3 rings (SSSR count). The molecular weight excluding hydrogens is 418 g/mol. The summed E-state index contributed by atoms with van der Waals surface area (Å²) in [5.74, 6) is 0.395. The zero-order valence-electron chi connectivity index (χ0n) is 16.5. The topological polar surface area (TPSA) is 73.6 Å². The van der Waals surface area contributed by atoms with Crippen LogP contribution in [0.5, 0.6) is 11.5 Å². The second-order valence-electron chi connectivity index (χ2n) is 6.60. The lowest BCUT2D eigenvalue weighted by atomic mass is 10.1. The van der Waals surface area contributed by atoms with E-state index in [1.807, 2.05) is 32.0 Å². The predicted molar refractivity (Wildman–Crippen MR) is 108 cm³/mol. The molecule has 1 N–H and O–H groups in total. The SMILES string of the molecule is Cc1ccc(OCc2c(C(=O)Nc3ccc(OC(F)F)c(Cl)c3)noc2C)c(C)c1. The van der Waals surface area contributed by atoms with Gasteiger partial charge in [-0.3, -0.25) is 4.79 Å². The largest absolute Gasteiger partial charge is 0.488 e. The van der Waals surface area contributed by atoms with Gasteiger partial charge in [-0.2, -0.15) is 8.78 Å². The molecule has 158 valence electrons. The van der Waals surface area contributed by atoms with Crippen molar-refractivity contribution in [1.82, 2.24) is 5.16 Å². The first-order valence-corrected chi connectivity index (χ1v) is 9.33. The fourth-order valence-electron chi connectivity index (χ4n) is 2.81. The van der Waals surface area contributed by atoms with Gasteiger partial charge in [0.1, 0.15) is 23.9 Å². The van der Waals surface area contributed by atoms with Gasteiger partial charge in [0.15, 0.2) is 5.69 Å². The molecule has 0 spiro atoms. The van der Waals surface area contributed by atoms with Gasteiger partial charge in [0.2, 0.25) is 0 Å². The molecule has 0 saturated carbocycles. The summed E-state index contributed by atoms with van der Waals surface area (Å²) in [5, 5.41) is 6.36. The van der Waals surface area contributed by atoms with E-state index in [9.17, 15) is 13.6 Å². The van der Waals surface area contributed by atoms with Crippen LogP contribution in [0.4, 0.5) is 14.5 Å². The Labute approximate surface area is 176 Å². The van der Waals surface area contributed by atoms with E-state index in [2.05, 4.69) is 15.2 Å². The number of halogens is 3. The Morgan fingerprint density at radius 3 is 2.57 bits per heavy atom. The fraction of sp³-hybridized carbons (Fsp3) is 0.238. The minimum atomic E-state index is -3.00. The summed E-state index contributed by atoms with van der Waals surface area (Å²) in [7, 11) is 0. The summed E-state index contributed by atoms with van der Waals surface area (Å²) >= 11 is 5.92. The van der Waals surface area contributed by atoms with Crippen molar-refractivity contribution in [3.63, 3.8) is 0 Å². The monoisotopic (exact) mass is 436 g/mol. The second kappa shape index (κ2) is 9.13. The van der Waals surface area contributed by atoms with Crippen LogP contribution >= 0.6 is 11.6 Å². The van der Waals surface area contributed by atoms with Crippen molar-refractivity contribution in [3.8, 4) is 11.5 Å². The minimum absolute atomic E-state index is 0.0568. The first kappa shape index (κ1) is 21.6. The number of rotatable bonds is 7. The van der Waals surface area contributed by atoms with E-state index in [-0.39, 0.29) is 28.8 Å². The van der Waals surface area contributed by atoms with Crippen LogP contribution in [0.25, 0.3) is 0 Å². The molecule has 0 aliphatic carbocycles. The average Bonchev–Trinajstić information content (AvgIpc) is 3.04. The molecule has 0 unspecified atom stereocenters. The van der Waals surface area contributed by atoms with E-state index < -0.39 is 12.5 Å². The molecule has 0 bridgehead atoms. The van der Waals surface area contributed by atoms with Gasteiger partial charge in [-0.25, -0.2) is 0 Å². The molecule has 6 nitrogen and oxygen atoms in total. The fourth-order valence-corrected chi connectivity index (χ4v) is 3.04. The van der Waals surface area contributed by atoms with Crippen LogP contribution in [0, 0.1) is 20.8 Å². The van der Waals surface area contributed by atoms with Crippen molar-refractivity contribution in [2.24, 2.45) is 0 Å². The Hall–Kier alpha value is -3.13. The molecule has 0 aliphatic heterocycles. The van der Waals surface area contributed by atoms with Gasteiger partial charge in [0, 0.05) is 5.69 Å². The maximum atomic E-state index is 12.7. The molecule has 0 fully saturated rings. The summed E-state index contributed by atoms with van der Waals surface area (Å²) in [6.07, 6.45) is 0.